The van der Waals surface area contributed by atoms with Crippen molar-refractivity contribution >= 4 is 0 Å². The first-order valence-corrected chi connectivity index (χ1v) is 7.60. The molecule has 0 bridgehead atoms. The molecular formula is C15H31NO. The van der Waals surface area contributed by atoms with Crippen LogP contribution in [0.4, 0.5) is 0 Å². The molecule has 0 spiro atoms. The first-order chi connectivity index (χ1) is 8.20. The van der Waals surface area contributed by atoms with Gasteiger partial charge in [-0.05, 0) is 38.6 Å². The molecular weight excluding hydrogens is 210 g/mol. The Morgan fingerprint density at radius 2 is 1.88 bits per heavy atom. The fourth-order valence-corrected chi connectivity index (χ4v) is 3.21. The average molecular weight is 241 g/mol. The van der Waals surface area contributed by atoms with Gasteiger partial charge in [-0.1, -0.05) is 46.0 Å². The number of nitrogens with zero attached hydrogens (tertiary/aromatic N) is 1. The molecule has 102 valence electrons. The van der Waals surface area contributed by atoms with Crippen molar-refractivity contribution in [1.82, 2.24) is 4.90 Å². The third kappa shape index (κ3) is 4.59. The van der Waals surface area contributed by atoms with Crippen LogP contribution in [-0.2, 0) is 0 Å². The molecule has 0 aromatic rings. The Morgan fingerprint density at radius 1 is 1.18 bits per heavy atom. The van der Waals surface area contributed by atoms with Gasteiger partial charge in [-0.2, -0.15) is 0 Å². The van der Waals surface area contributed by atoms with E-state index < -0.39 is 0 Å². The summed E-state index contributed by atoms with van der Waals surface area (Å²) in [6, 6.07) is 0.622. The van der Waals surface area contributed by atoms with Crippen LogP contribution < -0.4 is 0 Å². The van der Waals surface area contributed by atoms with E-state index in [-0.39, 0.29) is 6.23 Å². The van der Waals surface area contributed by atoms with Gasteiger partial charge in [0.2, 0.25) is 0 Å². The molecule has 0 aliphatic heterocycles. The molecule has 0 heterocycles. The van der Waals surface area contributed by atoms with Gasteiger partial charge in [0.1, 0.15) is 6.23 Å². The molecule has 17 heavy (non-hydrogen) atoms. The number of hydrogen-bond acceptors (Lipinski definition) is 2. The summed E-state index contributed by atoms with van der Waals surface area (Å²) >= 11 is 0. The van der Waals surface area contributed by atoms with Gasteiger partial charge < -0.3 is 5.11 Å². The van der Waals surface area contributed by atoms with Crippen LogP contribution in [0.5, 0.6) is 0 Å². The van der Waals surface area contributed by atoms with Crippen molar-refractivity contribution < 1.29 is 5.11 Å². The van der Waals surface area contributed by atoms with Crippen molar-refractivity contribution in [2.75, 3.05) is 7.05 Å². The molecule has 1 saturated carbocycles. The highest BCUT2D eigenvalue weighted by atomic mass is 16.3. The quantitative estimate of drug-likeness (QED) is 0.686. The van der Waals surface area contributed by atoms with E-state index in [1.54, 1.807) is 0 Å². The summed E-state index contributed by atoms with van der Waals surface area (Å²) in [7, 11) is 2.12. The molecule has 3 atom stereocenters. The normalized spacial score (nSPS) is 27.4. The second kappa shape index (κ2) is 8.10. The molecule has 2 nitrogen and oxygen atoms in total. The topological polar surface area (TPSA) is 23.5 Å². The number of rotatable bonds is 7. The standard InChI is InChI=1S/C15H31NO/c1-4-6-10-13-11-7-8-12-14(13)16(3)15(17)9-5-2/h13-15,17H,4-12H2,1-3H3. The molecule has 1 fully saturated rings. The van der Waals surface area contributed by atoms with Gasteiger partial charge in [0, 0.05) is 6.04 Å². The zero-order chi connectivity index (χ0) is 12.7. The average Bonchev–Trinajstić information content (AvgIpc) is 2.36. The lowest BCUT2D eigenvalue weighted by Crippen LogP contribution is -2.45. The van der Waals surface area contributed by atoms with E-state index in [1.807, 2.05) is 0 Å². The fourth-order valence-electron chi connectivity index (χ4n) is 3.21. The lowest BCUT2D eigenvalue weighted by atomic mass is 9.80. The van der Waals surface area contributed by atoms with Gasteiger partial charge in [0.15, 0.2) is 0 Å². The molecule has 0 amide bonds. The molecule has 0 radical (unpaired) electrons. The third-order valence-electron chi connectivity index (χ3n) is 4.34. The minimum Gasteiger partial charge on any atom is -0.378 e. The maximum Gasteiger partial charge on any atom is 0.107 e. The highest BCUT2D eigenvalue weighted by Gasteiger charge is 2.30. The predicted molar refractivity (Wildman–Crippen MR) is 73.9 cm³/mol. The van der Waals surface area contributed by atoms with Crippen LogP contribution in [0.25, 0.3) is 0 Å². The van der Waals surface area contributed by atoms with E-state index in [0.717, 1.165) is 18.8 Å². The Hall–Kier alpha value is -0.0800. The molecule has 1 aliphatic carbocycles. The highest BCUT2D eigenvalue weighted by Crippen LogP contribution is 2.32. The molecule has 3 unspecified atom stereocenters. The second-order valence-corrected chi connectivity index (χ2v) is 5.69. The number of aliphatic hydroxyl groups excluding tert-OH is 1. The monoisotopic (exact) mass is 241 g/mol. The van der Waals surface area contributed by atoms with Gasteiger partial charge in [-0.3, -0.25) is 4.90 Å². The number of hydrogen-bond donors (Lipinski definition) is 1. The van der Waals surface area contributed by atoms with E-state index in [9.17, 15) is 5.11 Å². The lowest BCUT2D eigenvalue weighted by Gasteiger charge is -2.40. The second-order valence-electron chi connectivity index (χ2n) is 5.69. The summed E-state index contributed by atoms with van der Waals surface area (Å²) in [4.78, 5) is 2.25. The van der Waals surface area contributed by atoms with E-state index >= 15 is 0 Å². The predicted octanol–water partition coefficient (Wildman–Crippen LogP) is 3.79. The van der Waals surface area contributed by atoms with E-state index in [0.29, 0.717) is 6.04 Å². The van der Waals surface area contributed by atoms with Crippen LogP contribution in [0, 0.1) is 5.92 Å². The van der Waals surface area contributed by atoms with Crippen LogP contribution in [0.15, 0.2) is 0 Å². The van der Waals surface area contributed by atoms with Crippen molar-refractivity contribution in [2.24, 2.45) is 5.92 Å². The van der Waals surface area contributed by atoms with Gasteiger partial charge in [0.25, 0.3) is 0 Å². The third-order valence-corrected chi connectivity index (χ3v) is 4.34. The summed E-state index contributed by atoms with van der Waals surface area (Å²) < 4.78 is 0. The Morgan fingerprint density at radius 3 is 2.53 bits per heavy atom. The molecule has 2 heteroatoms. The SMILES string of the molecule is CCCCC1CCCCC1N(C)C(O)CCC. The fraction of sp³-hybridized carbons (Fsp3) is 1.00. The Bertz CT molecular complexity index is 193. The number of unbranched alkanes of at least 4 members (excludes halogenated alkanes) is 1. The zero-order valence-electron chi connectivity index (χ0n) is 12.0. The maximum atomic E-state index is 10.1. The van der Waals surface area contributed by atoms with Gasteiger partial charge >= 0.3 is 0 Å². The first kappa shape index (κ1) is 15.0. The highest BCUT2D eigenvalue weighted by molar-refractivity contribution is 4.82. The van der Waals surface area contributed by atoms with Gasteiger partial charge in [0.05, 0.1) is 0 Å². The molecule has 0 saturated heterocycles. The van der Waals surface area contributed by atoms with Crippen molar-refractivity contribution in [1.29, 1.82) is 0 Å². The van der Waals surface area contributed by atoms with Crippen LogP contribution in [0.3, 0.4) is 0 Å². The van der Waals surface area contributed by atoms with Crippen LogP contribution in [-0.4, -0.2) is 29.3 Å². The smallest absolute Gasteiger partial charge is 0.107 e. The van der Waals surface area contributed by atoms with Crippen molar-refractivity contribution in [3.8, 4) is 0 Å². The minimum absolute atomic E-state index is 0.229. The summed E-state index contributed by atoms with van der Waals surface area (Å²) in [5, 5.41) is 10.1. The Balaban J connectivity index is 2.50. The number of aliphatic hydroxyl groups is 1. The van der Waals surface area contributed by atoms with E-state index in [1.165, 1.54) is 44.9 Å². The van der Waals surface area contributed by atoms with E-state index in [4.69, 9.17) is 0 Å². The van der Waals surface area contributed by atoms with Crippen LogP contribution in [0.1, 0.15) is 71.6 Å². The first-order valence-electron chi connectivity index (χ1n) is 7.60. The van der Waals surface area contributed by atoms with Crippen molar-refractivity contribution in [2.45, 2.75) is 83.9 Å². The Labute approximate surface area is 107 Å². The maximum absolute atomic E-state index is 10.1. The lowest BCUT2D eigenvalue weighted by molar-refractivity contribution is -0.0394. The van der Waals surface area contributed by atoms with Gasteiger partial charge in [-0.25, -0.2) is 0 Å². The summed E-state index contributed by atoms with van der Waals surface area (Å²) in [6.07, 6.45) is 11.1. The minimum atomic E-state index is -0.229. The molecule has 1 rings (SSSR count). The summed E-state index contributed by atoms with van der Waals surface area (Å²) in [6.45, 7) is 4.42. The largest absolute Gasteiger partial charge is 0.378 e. The molecule has 1 aliphatic rings. The van der Waals surface area contributed by atoms with Crippen LogP contribution >= 0.6 is 0 Å². The molecule has 0 aromatic carbocycles. The van der Waals surface area contributed by atoms with E-state index in [2.05, 4.69) is 25.8 Å². The zero-order valence-corrected chi connectivity index (χ0v) is 12.0. The summed E-state index contributed by atoms with van der Waals surface area (Å²) in [5.41, 5.74) is 0. The molecule has 1 N–H and O–H groups in total. The Kier molecular flexibility index (Phi) is 7.14. The van der Waals surface area contributed by atoms with Crippen molar-refractivity contribution in [3.05, 3.63) is 0 Å². The summed E-state index contributed by atoms with van der Waals surface area (Å²) in [5.74, 6) is 0.820. The van der Waals surface area contributed by atoms with Gasteiger partial charge in [-0.15, -0.1) is 0 Å². The van der Waals surface area contributed by atoms with Crippen LogP contribution in [0.2, 0.25) is 0 Å². The molecule has 0 aromatic heterocycles. The van der Waals surface area contributed by atoms with Crippen molar-refractivity contribution in [3.63, 3.8) is 0 Å².